The molecule has 1 unspecified atom stereocenters. The molecule has 0 radical (unpaired) electrons. The predicted molar refractivity (Wildman–Crippen MR) is 69.7 cm³/mol. The average molecular weight is 252 g/mol. The summed E-state index contributed by atoms with van der Waals surface area (Å²) in [5.41, 5.74) is 6.18. The van der Waals surface area contributed by atoms with Gasteiger partial charge in [0.05, 0.1) is 19.8 Å². The van der Waals surface area contributed by atoms with Gasteiger partial charge in [0.15, 0.2) is 11.5 Å². The molecule has 3 N–H and O–H groups in total. The lowest BCUT2D eigenvalue weighted by Crippen LogP contribution is -2.38. The molecular weight excluding hydrogens is 232 g/mol. The van der Waals surface area contributed by atoms with Crippen molar-refractivity contribution in [1.82, 2.24) is 5.32 Å². The van der Waals surface area contributed by atoms with E-state index in [-0.39, 0.29) is 11.9 Å². The van der Waals surface area contributed by atoms with Gasteiger partial charge in [0.25, 0.3) is 0 Å². The number of hydrogen-bond donors (Lipinski definition) is 2. The van der Waals surface area contributed by atoms with Crippen LogP contribution >= 0.6 is 0 Å². The summed E-state index contributed by atoms with van der Waals surface area (Å²) in [7, 11) is 1.60. The molecular formula is C13H20N2O3. The fourth-order valence-electron chi connectivity index (χ4n) is 1.47. The zero-order valence-electron chi connectivity index (χ0n) is 11.0. The maximum Gasteiger partial charge on any atom is 0.234 e. The van der Waals surface area contributed by atoms with E-state index in [0.29, 0.717) is 24.7 Å². The fraction of sp³-hybridized carbons (Fsp3) is 0.462. The minimum atomic E-state index is -0.367. The van der Waals surface area contributed by atoms with Crippen molar-refractivity contribution < 1.29 is 14.3 Å². The number of nitrogens with two attached hydrogens (primary N) is 1. The van der Waals surface area contributed by atoms with Crippen molar-refractivity contribution in [3.8, 4) is 11.5 Å². The van der Waals surface area contributed by atoms with E-state index in [1.807, 2.05) is 25.1 Å². The topological polar surface area (TPSA) is 73.6 Å². The summed E-state index contributed by atoms with van der Waals surface area (Å²) < 4.78 is 10.7. The van der Waals surface area contributed by atoms with Crippen molar-refractivity contribution in [3.05, 3.63) is 23.8 Å². The lowest BCUT2D eigenvalue weighted by atomic mass is 10.2. The summed E-state index contributed by atoms with van der Waals surface area (Å²) in [4.78, 5) is 10.9. The Labute approximate surface area is 107 Å². The van der Waals surface area contributed by atoms with Gasteiger partial charge in [-0.2, -0.15) is 0 Å². The standard InChI is InChI=1S/C13H20N2O3/c1-4-18-12-7-10(5-6-11(12)17-3)8-15-9(2)13(14)16/h5-7,9,15H,4,8H2,1-3H3,(H2,14,16). The second-order valence-electron chi connectivity index (χ2n) is 3.92. The highest BCUT2D eigenvalue weighted by atomic mass is 16.5. The Hall–Kier alpha value is -1.75. The predicted octanol–water partition coefficient (Wildman–Crippen LogP) is 1.06. The van der Waals surface area contributed by atoms with Gasteiger partial charge in [-0.25, -0.2) is 0 Å². The van der Waals surface area contributed by atoms with E-state index >= 15 is 0 Å². The summed E-state index contributed by atoms with van der Waals surface area (Å²) in [5.74, 6) is 1.03. The molecule has 0 aromatic heterocycles. The largest absolute Gasteiger partial charge is 0.493 e. The molecule has 100 valence electrons. The Bertz CT molecular complexity index is 407. The van der Waals surface area contributed by atoms with Gasteiger partial charge in [-0.05, 0) is 31.5 Å². The molecule has 0 aliphatic carbocycles. The summed E-state index contributed by atoms with van der Waals surface area (Å²) >= 11 is 0. The first-order valence-electron chi connectivity index (χ1n) is 5.90. The van der Waals surface area contributed by atoms with Gasteiger partial charge in [0.1, 0.15) is 0 Å². The number of methoxy groups -OCH3 is 1. The summed E-state index contributed by atoms with van der Waals surface area (Å²) in [6, 6.07) is 5.30. The maximum atomic E-state index is 10.9. The lowest BCUT2D eigenvalue weighted by Gasteiger charge is -2.13. The number of carbonyl (C=O) groups is 1. The van der Waals surface area contributed by atoms with Crippen LogP contribution in [0, 0.1) is 0 Å². The Morgan fingerprint density at radius 1 is 1.44 bits per heavy atom. The van der Waals surface area contributed by atoms with E-state index in [9.17, 15) is 4.79 Å². The molecule has 0 heterocycles. The van der Waals surface area contributed by atoms with Crippen molar-refractivity contribution in [1.29, 1.82) is 0 Å². The number of amides is 1. The minimum absolute atomic E-state index is 0.359. The second-order valence-corrected chi connectivity index (χ2v) is 3.92. The molecule has 0 saturated heterocycles. The normalized spacial score (nSPS) is 11.9. The van der Waals surface area contributed by atoms with Crippen LogP contribution in [0.1, 0.15) is 19.4 Å². The zero-order valence-corrected chi connectivity index (χ0v) is 11.0. The first-order chi connectivity index (χ1) is 8.58. The van der Waals surface area contributed by atoms with E-state index in [1.54, 1.807) is 14.0 Å². The molecule has 1 rings (SSSR count). The smallest absolute Gasteiger partial charge is 0.234 e. The van der Waals surface area contributed by atoms with Crippen molar-refractivity contribution in [3.63, 3.8) is 0 Å². The quantitative estimate of drug-likeness (QED) is 0.761. The van der Waals surface area contributed by atoms with Crippen molar-refractivity contribution in [2.45, 2.75) is 26.4 Å². The molecule has 0 saturated carbocycles. The summed E-state index contributed by atoms with van der Waals surface area (Å²) in [6.07, 6.45) is 0. The third-order valence-electron chi connectivity index (χ3n) is 2.57. The molecule has 1 aromatic carbocycles. The average Bonchev–Trinajstić information content (AvgIpc) is 2.36. The van der Waals surface area contributed by atoms with Crippen LogP contribution in [0.5, 0.6) is 11.5 Å². The van der Waals surface area contributed by atoms with Crippen LogP contribution in [0.15, 0.2) is 18.2 Å². The number of benzene rings is 1. The van der Waals surface area contributed by atoms with Crippen LogP contribution in [-0.2, 0) is 11.3 Å². The monoisotopic (exact) mass is 252 g/mol. The van der Waals surface area contributed by atoms with Gasteiger partial charge in [0, 0.05) is 6.54 Å². The molecule has 0 aliphatic heterocycles. The first-order valence-corrected chi connectivity index (χ1v) is 5.90. The van der Waals surface area contributed by atoms with Crippen LogP contribution in [-0.4, -0.2) is 25.7 Å². The van der Waals surface area contributed by atoms with Gasteiger partial charge >= 0.3 is 0 Å². The van der Waals surface area contributed by atoms with Gasteiger partial charge in [-0.3, -0.25) is 4.79 Å². The molecule has 1 amide bonds. The summed E-state index contributed by atoms with van der Waals surface area (Å²) in [5, 5.41) is 3.03. The molecule has 18 heavy (non-hydrogen) atoms. The Kier molecular flexibility index (Phi) is 5.45. The highest BCUT2D eigenvalue weighted by molar-refractivity contribution is 5.79. The van der Waals surface area contributed by atoms with Crippen molar-refractivity contribution in [2.75, 3.05) is 13.7 Å². The third kappa shape index (κ3) is 3.92. The van der Waals surface area contributed by atoms with Crippen LogP contribution in [0.25, 0.3) is 0 Å². The van der Waals surface area contributed by atoms with Crippen LogP contribution in [0.3, 0.4) is 0 Å². The number of primary amides is 1. The molecule has 0 fully saturated rings. The van der Waals surface area contributed by atoms with Gasteiger partial charge in [0.2, 0.25) is 5.91 Å². The fourth-order valence-corrected chi connectivity index (χ4v) is 1.47. The SMILES string of the molecule is CCOc1cc(CNC(C)C(N)=O)ccc1OC. The molecule has 5 nitrogen and oxygen atoms in total. The third-order valence-corrected chi connectivity index (χ3v) is 2.57. The van der Waals surface area contributed by atoms with E-state index in [1.165, 1.54) is 0 Å². The number of carbonyl (C=O) groups excluding carboxylic acids is 1. The highest BCUT2D eigenvalue weighted by Gasteiger charge is 2.09. The van der Waals surface area contributed by atoms with E-state index in [2.05, 4.69) is 5.32 Å². The zero-order chi connectivity index (χ0) is 13.5. The van der Waals surface area contributed by atoms with Gasteiger partial charge in [-0.15, -0.1) is 0 Å². The minimum Gasteiger partial charge on any atom is -0.493 e. The molecule has 5 heteroatoms. The van der Waals surface area contributed by atoms with Crippen LogP contribution in [0.2, 0.25) is 0 Å². The molecule has 1 atom stereocenters. The Morgan fingerprint density at radius 3 is 2.72 bits per heavy atom. The maximum absolute atomic E-state index is 10.9. The van der Waals surface area contributed by atoms with E-state index in [4.69, 9.17) is 15.2 Å². The van der Waals surface area contributed by atoms with Gasteiger partial charge < -0.3 is 20.5 Å². The highest BCUT2D eigenvalue weighted by Crippen LogP contribution is 2.27. The first kappa shape index (κ1) is 14.3. The molecule has 0 aliphatic rings. The van der Waals surface area contributed by atoms with Gasteiger partial charge in [-0.1, -0.05) is 6.07 Å². The molecule has 1 aromatic rings. The van der Waals surface area contributed by atoms with E-state index in [0.717, 1.165) is 5.56 Å². The number of hydrogen-bond acceptors (Lipinski definition) is 4. The van der Waals surface area contributed by atoms with E-state index < -0.39 is 0 Å². The summed E-state index contributed by atoms with van der Waals surface area (Å²) in [6.45, 7) is 4.77. The van der Waals surface area contributed by atoms with Crippen molar-refractivity contribution in [2.24, 2.45) is 5.73 Å². The Morgan fingerprint density at radius 2 is 2.17 bits per heavy atom. The lowest BCUT2D eigenvalue weighted by molar-refractivity contribution is -0.119. The van der Waals surface area contributed by atoms with Crippen LogP contribution < -0.4 is 20.5 Å². The second kappa shape index (κ2) is 6.86. The molecule has 0 bridgehead atoms. The van der Waals surface area contributed by atoms with Crippen molar-refractivity contribution >= 4 is 5.91 Å². The Balaban J connectivity index is 2.72. The van der Waals surface area contributed by atoms with Crippen LogP contribution in [0.4, 0.5) is 0 Å². The molecule has 0 spiro atoms. The number of ether oxygens (including phenoxy) is 2. The number of nitrogens with one attached hydrogen (secondary N) is 1. The number of rotatable bonds is 7.